The first-order valence-corrected chi connectivity index (χ1v) is 27.4. The van der Waals surface area contributed by atoms with Crippen LogP contribution in [-0.2, 0) is 64.0 Å². The van der Waals surface area contributed by atoms with Gasteiger partial charge in [0.05, 0.1) is 26.2 Å². The molecule has 0 unspecified atom stereocenters. The van der Waals surface area contributed by atoms with Crippen molar-refractivity contribution in [2.75, 3.05) is 79.5 Å². The maximum atomic E-state index is 14.5. The van der Waals surface area contributed by atoms with Gasteiger partial charge in [-0.05, 0) is 103 Å². The summed E-state index contributed by atoms with van der Waals surface area (Å²) in [5.74, 6) is -6.80. The van der Waals surface area contributed by atoms with E-state index in [1.54, 1.807) is 51.1 Å². The van der Waals surface area contributed by atoms with Crippen molar-refractivity contribution in [2.45, 2.75) is 146 Å². The van der Waals surface area contributed by atoms with Crippen molar-refractivity contribution in [3.05, 3.63) is 35.9 Å². The molecule has 0 radical (unpaired) electrons. The summed E-state index contributed by atoms with van der Waals surface area (Å²) in [6.45, 7) is 2.76. The Kier molecular flexibility index (Phi) is 23.8. The lowest BCUT2D eigenvalue weighted by Gasteiger charge is -2.38. The standard InChI is InChI=1S/C53H80N12O15/c1-53(2,3)80-52(78)59-36(49(74)65-26-16-12-22-40(65)50(75)76)29-56-46(71)38-20-10-14-24-63(38)44(69)32-61(5)42(67)30-57-47(72)39-21-11-15-25-64(39)48(73)35(58-51(77)79-33-34-17-7-6-8-18-34)28-55-45(70)37-19-9-13-23-62(37)43(68)31-60(4)41(66)27-54/h6-8,17-18,35-40H,9-16,19-33,54H2,1-5H3,(H,55,70)(H,56,71)(H,57,72)(H,58,77)(H,59,78)(H,75,76)/t35-,36-,37+,38+,39+,40+/m1/s1. The molecule has 27 heteroatoms. The number of rotatable bonds is 21. The average Bonchev–Trinajstić information content (AvgIpc) is 3.45. The molecule has 6 atom stereocenters. The van der Waals surface area contributed by atoms with Crippen molar-refractivity contribution in [1.29, 1.82) is 0 Å². The Morgan fingerprint density at radius 1 is 0.588 bits per heavy atom. The van der Waals surface area contributed by atoms with Crippen LogP contribution in [0.3, 0.4) is 0 Å². The second-order valence-electron chi connectivity index (χ2n) is 21.5. The molecule has 4 saturated heterocycles. The number of likely N-dealkylation sites (N-methyl/N-ethyl adjacent to an activating group) is 2. The number of nitrogens with two attached hydrogens (primary N) is 1. The van der Waals surface area contributed by atoms with Crippen LogP contribution < -0.4 is 32.3 Å². The molecule has 11 amide bonds. The average molecular weight is 1130 g/mol. The van der Waals surface area contributed by atoms with Gasteiger partial charge in [0.25, 0.3) is 0 Å². The van der Waals surface area contributed by atoms with Crippen molar-refractivity contribution >= 4 is 71.3 Å². The number of benzene rings is 1. The van der Waals surface area contributed by atoms with E-state index in [0.717, 1.165) is 4.90 Å². The lowest BCUT2D eigenvalue weighted by molar-refractivity contribution is -0.153. The maximum absolute atomic E-state index is 14.5. The van der Waals surface area contributed by atoms with Gasteiger partial charge in [-0.25, -0.2) is 14.4 Å². The molecule has 4 aliphatic rings. The van der Waals surface area contributed by atoms with Gasteiger partial charge in [-0.2, -0.15) is 0 Å². The van der Waals surface area contributed by atoms with Gasteiger partial charge in [0.15, 0.2) is 0 Å². The van der Waals surface area contributed by atoms with E-state index in [4.69, 9.17) is 15.2 Å². The Bertz CT molecular complexity index is 2410. The van der Waals surface area contributed by atoms with E-state index in [0.29, 0.717) is 63.4 Å². The summed E-state index contributed by atoms with van der Waals surface area (Å²) in [6, 6.07) is 1.69. The minimum absolute atomic E-state index is 0.0792. The zero-order valence-electron chi connectivity index (χ0n) is 46.5. The van der Waals surface area contributed by atoms with Gasteiger partial charge < -0.3 is 76.3 Å². The van der Waals surface area contributed by atoms with Crippen molar-refractivity contribution in [3.63, 3.8) is 0 Å². The van der Waals surface area contributed by atoms with Crippen LogP contribution in [0.2, 0.25) is 0 Å². The highest BCUT2D eigenvalue weighted by Gasteiger charge is 2.41. The number of carbonyl (C=O) groups excluding carboxylic acids is 11. The van der Waals surface area contributed by atoms with Crippen LogP contribution in [0, 0.1) is 0 Å². The summed E-state index contributed by atoms with van der Waals surface area (Å²) in [7, 11) is 2.77. The minimum Gasteiger partial charge on any atom is -0.480 e. The Morgan fingerprint density at radius 3 is 1.46 bits per heavy atom. The first kappa shape index (κ1) is 63.3. The minimum atomic E-state index is -1.46. The number of nitrogens with one attached hydrogen (secondary N) is 5. The number of nitrogens with zero attached hydrogens (tertiary/aromatic N) is 6. The zero-order valence-corrected chi connectivity index (χ0v) is 46.5. The number of piperidine rings is 4. The summed E-state index contributed by atoms with van der Waals surface area (Å²) in [5, 5.41) is 22.8. The van der Waals surface area contributed by atoms with Crippen LogP contribution >= 0.6 is 0 Å². The SMILES string of the molecule is CN(CC(=O)N1CCCC[C@H]1C(=O)NC[C@@H](NC(=O)OCc1ccccc1)C(=O)N1CCCC[C@H]1C(=O)NCC(=O)N(C)CC(=O)N1CCCC[C@H]1C(=O)NC[C@@H](NC(=O)OC(C)(C)C)C(=O)N1CCCC[C@H]1C(=O)O)C(=O)CN. The first-order valence-electron chi connectivity index (χ1n) is 27.4. The number of carboxylic acid groups (broad SMARTS) is 1. The molecular formula is C53H80N12O15. The third kappa shape index (κ3) is 18.5. The van der Waals surface area contributed by atoms with Crippen LogP contribution in [0.1, 0.15) is 103 Å². The predicted octanol–water partition coefficient (Wildman–Crippen LogP) is -0.992. The molecule has 27 nitrogen and oxygen atoms in total. The van der Waals surface area contributed by atoms with Crippen LogP contribution in [0.4, 0.5) is 9.59 Å². The van der Waals surface area contributed by atoms with E-state index in [-0.39, 0.29) is 65.1 Å². The van der Waals surface area contributed by atoms with Crippen molar-refractivity contribution in [3.8, 4) is 0 Å². The highest BCUT2D eigenvalue weighted by atomic mass is 16.6. The summed E-state index contributed by atoms with van der Waals surface area (Å²) in [4.78, 5) is 168. The van der Waals surface area contributed by atoms with Gasteiger partial charge in [-0.3, -0.25) is 43.2 Å². The first-order chi connectivity index (χ1) is 38.0. The van der Waals surface area contributed by atoms with Crippen LogP contribution in [0.25, 0.3) is 0 Å². The highest BCUT2D eigenvalue weighted by molar-refractivity contribution is 5.96. The number of hydrogen-bond acceptors (Lipinski definition) is 15. The van der Waals surface area contributed by atoms with E-state index in [9.17, 15) is 62.6 Å². The number of ether oxygens (including phenoxy) is 2. The molecular weight excluding hydrogens is 1040 g/mol. The fourth-order valence-corrected chi connectivity index (χ4v) is 10.1. The Balaban J connectivity index is 1.21. The number of carbonyl (C=O) groups is 12. The lowest BCUT2D eigenvalue weighted by Crippen LogP contribution is -2.61. The summed E-state index contributed by atoms with van der Waals surface area (Å²) in [5.41, 5.74) is 5.18. The van der Waals surface area contributed by atoms with E-state index in [1.807, 2.05) is 0 Å². The predicted molar refractivity (Wildman–Crippen MR) is 285 cm³/mol. The van der Waals surface area contributed by atoms with E-state index >= 15 is 0 Å². The zero-order chi connectivity index (χ0) is 58.7. The fraction of sp³-hybridized carbons (Fsp3) is 0.660. The second-order valence-corrected chi connectivity index (χ2v) is 21.5. The topological polar surface area (TPSA) is 349 Å². The third-order valence-electron chi connectivity index (χ3n) is 14.3. The molecule has 1 aromatic carbocycles. The number of alkyl carbamates (subject to hydrolysis) is 2. The largest absolute Gasteiger partial charge is 0.480 e. The molecule has 80 heavy (non-hydrogen) atoms. The normalized spacial score (nSPS) is 20.1. The molecule has 4 heterocycles. The number of hydrogen-bond donors (Lipinski definition) is 7. The monoisotopic (exact) mass is 1120 g/mol. The molecule has 0 aromatic heterocycles. The second kappa shape index (κ2) is 30.1. The fourth-order valence-electron chi connectivity index (χ4n) is 10.1. The summed E-state index contributed by atoms with van der Waals surface area (Å²) in [6.07, 6.45) is 3.48. The third-order valence-corrected chi connectivity index (χ3v) is 14.3. The van der Waals surface area contributed by atoms with Gasteiger partial charge >= 0.3 is 18.2 Å². The molecule has 5 rings (SSSR count). The van der Waals surface area contributed by atoms with Crippen molar-refractivity contribution in [2.24, 2.45) is 5.73 Å². The molecule has 8 N–H and O–H groups in total. The van der Waals surface area contributed by atoms with Crippen molar-refractivity contribution < 1.29 is 72.1 Å². The van der Waals surface area contributed by atoms with Gasteiger partial charge in [0, 0.05) is 53.4 Å². The summed E-state index contributed by atoms with van der Waals surface area (Å²) >= 11 is 0. The van der Waals surface area contributed by atoms with Gasteiger partial charge in [-0.15, -0.1) is 0 Å². The molecule has 4 fully saturated rings. The molecule has 442 valence electrons. The smallest absolute Gasteiger partial charge is 0.408 e. The molecule has 0 bridgehead atoms. The molecule has 1 aromatic rings. The Hall–Kier alpha value is -7.58. The van der Waals surface area contributed by atoms with Crippen molar-refractivity contribution in [1.82, 2.24) is 56.0 Å². The summed E-state index contributed by atoms with van der Waals surface area (Å²) < 4.78 is 10.8. The van der Waals surface area contributed by atoms with Crippen LogP contribution in [0.5, 0.6) is 0 Å². The number of carboxylic acids is 1. The van der Waals surface area contributed by atoms with Crippen LogP contribution in [-0.4, -0.2) is 227 Å². The molecule has 0 saturated carbocycles. The van der Waals surface area contributed by atoms with Gasteiger partial charge in [0.2, 0.25) is 53.2 Å². The van der Waals surface area contributed by atoms with Crippen LogP contribution in [0.15, 0.2) is 30.3 Å². The number of amides is 11. The highest BCUT2D eigenvalue weighted by Crippen LogP contribution is 2.23. The Morgan fingerprint density at radius 2 is 1.00 bits per heavy atom. The van der Waals surface area contributed by atoms with Gasteiger partial charge in [0.1, 0.15) is 48.5 Å². The van der Waals surface area contributed by atoms with Gasteiger partial charge in [-0.1, -0.05) is 30.3 Å². The number of aliphatic carboxylic acids is 1. The van der Waals surface area contributed by atoms with E-state index < -0.39 is 139 Å². The van der Waals surface area contributed by atoms with E-state index in [1.165, 1.54) is 38.6 Å². The molecule has 4 aliphatic heterocycles. The lowest BCUT2D eigenvalue weighted by atomic mass is 9.99. The number of likely N-dealkylation sites (tertiary alicyclic amines) is 4. The quantitative estimate of drug-likeness (QED) is 0.0777. The maximum Gasteiger partial charge on any atom is 0.408 e. The van der Waals surface area contributed by atoms with E-state index in [2.05, 4.69) is 26.6 Å². The Labute approximate surface area is 465 Å². The molecule has 0 aliphatic carbocycles. The molecule has 0 spiro atoms.